The quantitative estimate of drug-likeness (QED) is 0.293. The van der Waals surface area contributed by atoms with Gasteiger partial charge in [-0.15, -0.1) is 0 Å². The third kappa shape index (κ3) is 3.44. The van der Waals surface area contributed by atoms with Crippen molar-refractivity contribution in [2.75, 3.05) is 18.6 Å². The molecule has 0 radical (unpaired) electrons. The predicted octanol–water partition coefficient (Wildman–Crippen LogP) is 3.44. The molecular formula is C26H23NO6. The molecule has 2 amide bonds. The Hall–Kier alpha value is -3.74. The van der Waals surface area contributed by atoms with Crippen LogP contribution < -0.4 is 9.64 Å². The number of imide groups is 1. The van der Waals surface area contributed by atoms with E-state index in [1.807, 2.05) is 6.92 Å². The van der Waals surface area contributed by atoms with Gasteiger partial charge in [0.25, 0.3) is 0 Å². The molecule has 1 saturated carbocycles. The minimum absolute atomic E-state index is 0.110. The van der Waals surface area contributed by atoms with Crippen molar-refractivity contribution in [1.82, 2.24) is 0 Å². The summed E-state index contributed by atoms with van der Waals surface area (Å²) in [5.74, 6) is -1.24. The van der Waals surface area contributed by atoms with Gasteiger partial charge in [-0.3, -0.25) is 14.4 Å². The van der Waals surface area contributed by atoms with Gasteiger partial charge in [0, 0.05) is 5.56 Å². The van der Waals surface area contributed by atoms with Gasteiger partial charge in [0.2, 0.25) is 11.8 Å². The van der Waals surface area contributed by atoms with Crippen LogP contribution in [0.15, 0.2) is 60.2 Å². The number of hydrogen-bond donors (Lipinski definition) is 0. The largest absolute Gasteiger partial charge is 0.497 e. The van der Waals surface area contributed by atoms with E-state index in [2.05, 4.69) is 6.08 Å². The van der Waals surface area contributed by atoms with E-state index in [0.29, 0.717) is 17.0 Å². The van der Waals surface area contributed by atoms with Gasteiger partial charge in [-0.25, -0.2) is 9.69 Å². The highest BCUT2D eigenvalue weighted by atomic mass is 16.5. The predicted molar refractivity (Wildman–Crippen MR) is 119 cm³/mol. The number of rotatable bonds is 6. The van der Waals surface area contributed by atoms with E-state index >= 15 is 0 Å². The van der Waals surface area contributed by atoms with Crippen LogP contribution in [0.5, 0.6) is 5.75 Å². The summed E-state index contributed by atoms with van der Waals surface area (Å²) < 4.78 is 10.3. The van der Waals surface area contributed by atoms with Gasteiger partial charge in [0.15, 0.2) is 12.4 Å². The first-order valence-corrected chi connectivity index (χ1v) is 10.9. The van der Waals surface area contributed by atoms with E-state index < -0.39 is 12.6 Å². The van der Waals surface area contributed by atoms with Gasteiger partial charge in [0.1, 0.15) is 5.75 Å². The van der Waals surface area contributed by atoms with Gasteiger partial charge in [-0.2, -0.15) is 0 Å². The molecule has 1 saturated heterocycles. The Kier molecular flexibility index (Phi) is 5.12. The van der Waals surface area contributed by atoms with Crippen molar-refractivity contribution >= 4 is 29.3 Å². The van der Waals surface area contributed by atoms with E-state index in [1.165, 1.54) is 29.7 Å². The molecule has 0 aromatic heterocycles. The number of esters is 1. The molecule has 2 aromatic carbocycles. The molecule has 5 rings (SSSR count). The van der Waals surface area contributed by atoms with Crippen molar-refractivity contribution in [3.8, 4) is 5.75 Å². The lowest BCUT2D eigenvalue weighted by atomic mass is 9.82. The third-order valence-corrected chi connectivity index (χ3v) is 6.97. The number of hydrogen-bond acceptors (Lipinski definition) is 6. The van der Waals surface area contributed by atoms with Crippen LogP contribution in [0.1, 0.15) is 34.1 Å². The number of carbonyl (C=O) groups is 4. The Bertz CT molecular complexity index is 1200. The zero-order chi connectivity index (χ0) is 23.3. The van der Waals surface area contributed by atoms with E-state index in [-0.39, 0.29) is 46.8 Å². The number of anilines is 1. The summed E-state index contributed by atoms with van der Waals surface area (Å²) in [6, 6.07) is 12.7. The van der Waals surface area contributed by atoms with Crippen molar-refractivity contribution < 1.29 is 28.7 Å². The first-order chi connectivity index (χ1) is 15.9. The monoisotopic (exact) mass is 445 g/mol. The number of ether oxygens (including phenoxy) is 2. The van der Waals surface area contributed by atoms with Crippen LogP contribution >= 0.6 is 0 Å². The van der Waals surface area contributed by atoms with Gasteiger partial charge in [-0.05, 0) is 67.6 Å². The number of Topliss-reactive ketones (excluding diaryl/α,β-unsaturated/α-hetero) is 1. The topological polar surface area (TPSA) is 90.0 Å². The smallest absolute Gasteiger partial charge is 0.338 e. The number of fused-ring (bicyclic) bond motifs is 5. The molecule has 1 aliphatic heterocycles. The fourth-order valence-corrected chi connectivity index (χ4v) is 5.38. The molecule has 2 bridgehead atoms. The molecule has 3 aliphatic rings. The third-order valence-electron chi connectivity index (χ3n) is 6.97. The Morgan fingerprint density at radius 2 is 1.73 bits per heavy atom. The Labute approximate surface area is 191 Å². The van der Waals surface area contributed by atoms with Crippen molar-refractivity contribution in [3.63, 3.8) is 0 Å². The summed E-state index contributed by atoms with van der Waals surface area (Å²) in [7, 11) is 1.53. The number of amides is 2. The molecule has 2 fully saturated rings. The highest BCUT2D eigenvalue weighted by molar-refractivity contribution is 6.23. The summed E-state index contributed by atoms with van der Waals surface area (Å²) in [5.41, 5.74) is 2.11. The Morgan fingerprint density at radius 1 is 1.00 bits per heavy atom. The maximum Gasteiger partial charge on any atom is 0.338 e. The normalized spacial score (nSPS) is 25.2. The summed E-state index contributed by atoms with van der Waals surface area (Å²) in [6.07, 6.45) is 2.98. The second-order valence-corrected chi connectivity index (χ2v) is 8.76. The fraction of sp³-hybridized carbons (Fsp3) is 0.308. The summed E-state index contributed by atoms with van der Waals surface area (Å²) in [6.45, 7) is 1.60. The number of ketones is 1. The van der Waals surface area contributed by atoms with Crippen LogP contribution in [0.4, 0.5) is 5.69 Å². The summed E-state index contributed by atoms with van der Waals surface area (Å²) >= 11 is 0. The number of allylic oxidation sites excluding steroid dienone is 2. The molecule has 4 atom stereocenters. The minimum Gasteiger partial charge on any atom is -0.497 e. The van der Waals surface area contributed by atoms with E-state index in [9.17, 15) is 19.2 Å². The lowest BCUT2D eigenvalue weighted by Gasteiger charge is -2.19. The number of carbonyl (C=O) groups excluding carboxylic acids is 4. The summed E-state index contributed by atoms with van der Waals surface area (Å²) in [4.78, 5) is 52.3. The zero-order valence-electron chi connectivity index (χ0n) is 18.3. The number of benzene rings is 2. The molecule has 7 heteroatoms. The van der Waals surface area contributed by atoms with Crippen LogP contribution in [0.2, 0.25) is 0 Å². The minimum atomic E-state index is -0.699. The molecule has 2 aromatic rings. The van der Waals surface area contributed by atoms with Crippen LogP contribution in [-0.2, 0) is 14.3 Å². The van der Waals surface area contributed by atoms with E-state index in [4.69, 9.17) is 9.47 Å². The lowest BCUT2D eigenvalue weighted by molar-refractivity contribution is -0.123. The maximum absolute atomic E-state index is 13.1. The van der Waals surface area contributed by atoms with Gasteiger partial charge in [0.05, 0.1) is 30.2 Å². The van der Waals surface area contributed by atoms with Crippen LogP contribution in [0.3, 0.4) is 0 Å². The molecule has 0 spiro atoms. The first-order valence-electron chi connectivity index (χ1n) is 10.9. The first kappa shape index (κ1) is 21.1. The van der Waals surface area contributed by atoms with Crippen LogP contribution in [-0.4, -0.2) is 37.3 Å². The molecule has 2 aliphatic carbocycles. The van der Waals surface area contributed by atoms with Crippen LogP contribution in [0, 0.1) is 23.7 Å². The zero-order valence-corrected chi connectivity index (χ0v) is 18.3. The molecular weight excluding hydrogens is 422 g/mol. The summed E-state index contributed by atoms with van der Waals surface area (Å²) in [5, 5.41) is 0. The van der Waals surface area contributed by atoms with Crippen molar-refractivity contribution in [3.05, 3.63) is 71.3 Å². The standard InChI is InChI=1S/C26H23NO6/c1-14-10-17-12-20(14)23-22(17)24(29)27(25(23)30)18-5-3-4-16(11-18)26(31)33-13-21(28)15-6-8-19(32-2)9-7-15/h3-11,17,20,22-23H,12-13H2,1-2H3/t17-,20+,22-,23+/m0/s1. The average Bonchev–Trinajstić information content (AvgIpc) is 3.47. The molecule has 33 heavy (non-hydrogen) atoms. The van der Waals surface area contributed by atoms with Crippen molar-refractivity contribution in [1.29, 1.82) is 0 Å². The molecule has 0 unspecified atom stereocenters. The Balaban J connectivity index is 1.28. The Morgan fingerprint density at radius 3 is 2.45 bits per heavy atom. The highest BCUT2D eigenvalue weighted by Crippen LogP contribution is 2.55. The van der Waals surface area contributed by atoms with Gasteiger partial charge < -0.3 is 9.47 Å². The lowest BCUT2D eigenvalue weighted by Crippen LogP contribution is -2.33. The molecule has 168 valence electrons. The number of methoxy groups -OCH3 is 1. The molecule has 0 N–H and O–H groups in total. The van der Waals surface area contributed by atoms with E-state index in [0.717, 1.165) is 6.42 Å². The maximum atomic E-state index is 13.1. The number of nitrogens with zero attached hydrogens (tertiary/aromatic N) is 1. The van der Waals surface area contributed by atoms with Gasteiger partial charge >= 0.3 is 5.97 Å². The van der Waals surface area contributed by atoms with Gasteiger partial charge in [-0.1, -0.05) is 17.7 Å². The molecule has 1 heterocycles. The van der Waals surface area contributed by atoms with E-state index in [1.54, 1.807) is 36.4 Å². The second kappa shape index (κ2) is 7.99. The highest BCUT2D eigenvalue weighted by Gasteiger charge is 2.60. The van der Waals surface area contributed by atoms with Crippen LogP contribution in [0.25, 0.3) is 0 Å². The average molecular weight is 445 g/mol. The van der Waals surface area contributed by atoms with Crippen molar-refractivity contribution in [2.45, 2.75) is 13.3 Å². The SMILES string of the molecule is COc1ccc(C(=O)COC(=O)c2cccc(N3C(=O)[C@@H]4[C@H](C3=O)[C@@H]3C[C@@H]4C=C3C)c2)cc1. The molecule has 7 nitrogen and oxygen atoms in total. The second-order valence-electron chi connectivity index (χ2n) is 8.76. The fourth-order valence-electron chi connectivity index (χ4n) is 5.38. The van der Waals surface area contributed by atoms with Crippen molar-refractivity contribution in [2.24, 2.45) is 23.7 Å².